The van der Waals surface area contributed by atoms with Crippen LogP contribution in [-0.2, 0) is 4.79 Å². The normalized spacial score (nSPS) is 15.9. The third-order valence-corrected chi connectivity index (χ3v) is 2.76. The average Bonchev–Trinajstić information content (AvgIpc) is 2.87. The summed E-state index contributed by atoms with van der Waals surface area (Å²) in [7, 11) is 0. The minimum atomic E-state index is 0.242. The first-order chi connectivity index (χ1) is 6.68. The minimum absolute atomic E-state index is 0.242. The molecule has 0 aromatic rings. The first-order valence-corrected chi connectivity index (χ1v) is 5.95. The molecule has 1 N–H and O–H groups in total. The van der Waals surface area contributed by atoms with Gasteiger partial charge in [-0.15, -0.1) is 0 Å². The third-order valence-electron chi connectivity index (χ3n) is 2.76. The zero-order valence-corrected chi connectivity index (χ0v) is 9.51. The van der Waals surface area contributed by atoms with Crippen LogP contribution in [-0.4, -0.2) is 12.5 Å². The Morgan fingerprint density at radius 1 is 1.43 bits per heavy atom. The van der Waals surface area contributed by atoms with Crippen molar-refractivity contribution < 1.29 is 4.79 Å². The quantitative estimate of drug-likeness (QED) is 0.668. The molecule has 0 aromatic heterocycles. The number of hydrogen-bond acceptors (Lipinski definition) is 1. The number of nitrogens with one attached hydrogen (secondary N) is 1. The maximum atomic E-state index is 11.3. The van der Waals surface area contributed by atoms with Gasteiger partial charge < -0.3 is 5.32 Å². The molecule has 1 saturated carbocycles. The highest BCUT2D eigenvalue weighted by atomic mass is 16.1. The van der Waals surface area contributed by atoms with Crippen molar-refractivity contribution in [2.45, 2.75) is 52.4 Å². The molecule has 0 spiro atoms. The summed E-state index contributed by atoms with van der Waals surface area (Å²) in [5.74, 6) is 1.88. The van der Waals surface area contributed by atoms with Gasteiger partial charge in [-0.2, -0.15) is 0 Å². The Kier molecular flexibility index (Phi) is 4.99. The highest BCUT2D eigenvalue weighted by Crippen LogP contribution is 2.33. The van der Waals surface area contributed by atoms with E-state index in [-0.39, 0.29) is 5.91 Å². The van der Waals surface area contributed by atoms with E-state index in [9.17, 15) is 4.79 Å². The van der Waals surface area contributed by atoms with Gasteiger partial charge in [-0.05, 0) is 31.1 Å². The van der Waals surface area contributed by atoms with Gasteiger partial charge in [-0.3, -0.25) is 4.79 Å². The van der Waals surface area contributed by atoms with E-state index in [0.29, 0.717) is 5.92 Å². The van der Waals surface area contributed by atoms with E-state index in [2.05, 4.69) is 19.2 Å². The number of carbonyl (C=O) groups is 1. The summed E-state index contributed by atoms with van der Waals surface area (Å²) in [6.07, 6.45) is 6.96. The summed E-state index contributed by atoms with van der Waals surface area (Å²) in [5.41, 5.74) is 0. The van der Waals surface area contributed by atoms with Crippen LogP contribution in [0.4, 0.5) is 0 Å². The second-order valence-electron chi connectivity index (χ2n) is 4.87. The minimum Gasteiger partial charge on any atom is -0.356 e. The number of rotatable bonds is 7. The smallest absolute Gasteiger partial charge is 0.219 e. The zero-order valence-electron chi connectivity index (χ0n) is 9.51. The van der Waals surface area contributed by atoms with Crippen molar-refractivity contribution in [3.63, 3.8) is 0 Å². The lowest BCUT2D eigenvalue weighted by atomic mass is 10.1. The molecule has 0 bridgehead atoms. The van der Waals surface area contributed by atoms with Gasteiger partial charge in [0, 0.05) is 13.0 Å². The van der Waals surface area contributed by atoms with Crippen molar-refractivity contribution in [3.8, 4) is 0 Å². The Hall–Kier alpha value is -0.530. The number of hydrogen-bond donors (Lipinski definition) is 1. The van der Waals surface area contributed by atoms with Crippen LogP contribution in [0.1, 0.15) is 52.4 Å². The van der Waals surface area contributed by atoms with Crippen LogP contribution in [0.5, 0.6) is 0 Å². The van der Waals surface area contributed by atoms with Crippen molar-refractivity contribution in [2.24, 2.45) is 11.8 Å². The lowest BCUT2D eigenvalue weighted by Crippen LogP contribution is -2.24. The molecule has 0 unspecified atom stereocenters. The Morgan fingerprint density at radius 2 is 2.14 bits per heavy atom. The molecular weight excluding hydrogens is 174 g/mol. The summed E-state index contributed by atoms with van der Waals surface area (Å²) in [5, 5.41) is 2.97. The lowest BCUT2D eigenvalue weighted by Gasteiger charge is -2.06. The maximum absolute atomic E-state index is 11.3. The fourth-order valence-electron chi connectivity index (χ4n) is 1.55. The van der Waals surface area contributed by atoms with Gasteiger partial charge in [-0.25, -0.2) is 0 Å². The molecule has 2 heteroatoms. The summed E-state index contributed by atoms with van der Waals surface area (Å²) >= 11 is 0. The predicted octanol–water partition coefficient (Wildman–Crippen LogP) is 2.73. The van der Waals surface area contributed by atoms with E-state index in [1.165, 1.54) is 19.3 Å². The molecule has 0 atom stereocenters. The van der Waals surface area contributed by atoms with Gasteiger partial charge in [0.1, 0.15) is 0 Å². The average molecular weight is 197 g/mol. The van der Waals surface area contributed by atoms with Crippen molar-refractivity contribution in [1.82, 2.24) is 5.32 Å². The van der Waals surface area contributed by atoms with E-state index >= 15 is 0 Å². The van der Waals surface area contributed by atoms with Crippen LogP contribution >= 0.6 is 0 Å². The molecule has 1 rings (SSSR count). The largest absolute Gasteiger partial charge is 0.356 e. The summed E-state index contributed by atoms with van der Waals surface area (Å²) in [6, 6.07) is 0. The molecular formula is C12H23NO. The standard InChI is InChI=1S/C12H23NO/c1-10(2)8-9-13-12(14)5-3-4-11-6-7-11/h10-11H,3-9H2,1-2H3,(H,13,14). The SMILES string of the molecule is CC(C)CCNC(=O)CCCC1CC1. The van der Waals surface area contributed by atoms with Crippen molar-refractivity contribution in [1.29, 1.82) is 0 Å². The first kappa shape index (κ1) is 11.5. The summed E-state index contributed by atoms with van der Waals surface area (Å²) in [6.45, 7) is 5.21. The van der Waals surface area contributed by atoms with E-state index < -0.39 is 0 Å². The van der Waals surface area contributed by atoms with Crippen LogP contribution in [0.25, 0.3) is 0 Å². The topological polar surface area (TPSA) is 29.1 Å². The number of amides is 1. The first-order valence-electron chi connectivity index (χ1n) is 5.95. The molecule has 82 valence electrons. The molecule has 0 aliphatic heterocycles. The monoisotopic (exact) mass is 197 g/mol. The van der Waals surface area contributed by atoms with E-state index in [4.69, 9.17) is 0 Å². The molecule has 0 radical (unpaired) electrons. The van der Waals surface area contributed by atoms with Crippen LogP contribution in [0.15, 0.2) is 0 Å². The van der Waals surface area contributed by atoms with Gasteiger partial charge in [0.25, 0.3) is 0 Å². The van der Waals surface area contributed by atoms with Gasteiger partial charge in [0.2, 0.25) is 5.91 Å². The molecule has 0 saturated heterocycles. The third kappa shape index (κ3) is 6.01. The van der Waals surface area contributed by atoms with E-state index in [0.717, 1.165) is 31.7 Å². The van der Waals surface area contributed by atoms with Gasteiger partial charge in [0.15, 0.2) is 0 Å². The Bertz CT molecular complexity index is 163. The number of carbonyl (C=O) groups excluding carboxylic acids is 1. The molecule has 0 heterocycles. The van der Waals surface area contributed by atoms with E-state index in [1.807, 2.05) is 0 Å². The van der Waals surface area contributed by atoms with Crippen LogP contribution < -0.4 is 5.32 Å². The van der Waals surface area contributed by atoms with Crippen molar-refractivity contribution in [2.75, 3.05) is 6.54 Å². The molecule has 1 fully saturated rings. The second kappa shape index (κ2) is 6.05. The molecule has 1 amide bonds. The van der Waals surface area contributed by atoms with Crippen LogP contribution in [0, 0.1) is 11.8 Å². The van der Waals surface area contributed by atoms with Crippen LogP contribution in [0.2, 0.25) is 0 Å². The second-order valence-corrected chi connectivity index (χ2v) is 4.87. The Morgan fingerprint density at radius 3 is 2.71 bits per heavy atom. The molecule has 0 aromatic carbocycles. The molecule has 1 aliphatic carbocycles. The molecule has 14 heavy (non-hydrogen) atoms. The van der Waals surface area contributed by atoms with Crippen molar-refractivity contribution in [3.05, 3.63) is 0 Å². The highest BCUT2D eigenvalue weighted by molar-refractivity contribution is 5.75. The zero-order chi connectivity index (χ0) is 10.4. The predicted molar refractivity (Wildman–Crippen MR) is 59.0 cm³/mol. The maximum Gasteiger partial charge on any atom is 0.219 e. The summed E-state index contributed by atoms with van der Waals surface area (Å²) in [4.78, 5) is 11.3. The van der Waals surface area contributed by atoms with Crippen molar-refractivity contribution >= 4 is 5.91 Å². The molecule has 1 aliphatic rings. The Balaban J connectivity index is 1.87. The fourth-order valence-corrected chi connectivity index (χ4v) is 1.55. The fraction of sp³-hybridized carbons (Fsp3) is 0.917. The Labute approximate surface area is 87.5 Å². The summed E-state index contributed by atoms with van der Waals surface area (Å²) < 4.78 is 0. The van der Waals surface area contributed by atoms with Gasteiger partial charge in [0.05, 0.1) is 0 Å². The molecule has 2 nitrogen and oxygen atoms in total. The van der Waals surface area contributed by atoms with Gasteiger partial charge >= 0.3 is 0 Å². The van der Waals surface area contributed by atoms with Gasteiger partial charge in [-0.1, -0.05) is 26.7 Å². The van der Waals surface area contributed by atoms with E-state index in [1.54, 1.807) is 0 Å². The highest BCUT2D eigenvalue weighted by Gasteiger charge is 2.20. The lowest BCUT2D eigenvalue weighted by molar-refractivity contribution is -0.121. The van der Waals surface area contributed by atoms with Crippen LogP contribution in [0.3, 0.4) is 0 Å².